The second kappa shape index (κ2) is 11.5. The van der Waals surface area contributed by atoms with E-state index in [9.17, 15) is 22.4 Å². The molecule has 1 aliphatic carbocycles. The normalized spacial score (nSPS) is 33.6. The number of nitrogens with one attached hydrogen (secondary N) is 4. The van der Waals surface area contributed by atoms with Crippen LogP contribution in [0.4, 0.5) is 9.18 Å². The van der Waals surface area contributed by atoms with Gasteiger partial charge in [0, 0.05) is 38.9 Å². The number of carbonyl (C=O) groups excluding carboxylic acids is 2. The van der Waals surface area contributed by atoms with Crippen LogP contribution in [-0.2, 0) is 14.8 Å². The molecular weight excluding hydrogens is 475 g/mol. The van der Waals surface area contributed by atoms with Crippen molar-refractivity contribution in [1.82, 2.24) is 30.7 Å². The van der Waals surface area contributed by atoms with Gasteiger partial charge < -0.3 is 10.2 Å². The Bertz CT molecular complexity index is 805. The van der Waals surface area contributed by atoms with Crippen LogP contribution in [0.25, 0.3) is 0 Å². The number of nitrogens with zero attached hydrogens (tertiary/aromatic N) is 2. The molecule has 0 aromatic rings. The summed E-state index contributed by atoms with van der Waals surface area (Å²) in [6.45, 7) is 4.75. The van der Waals surface area contributed by atoms with Crippen LogP contribution >= 0.6 is 11.6 Å². The summed E-state index contributed by atoms with van der Waals surface area (Å²) in [4.78, 5) is 30.6. The number of hydrogen-bond donors (Lipinski definition) is 4. The first-order valence-corrected chi connectivity index (χ1v) is 13.7. The van der Waals surface area contributed by atoms with E-state index < -0.39 is 33.4 Å². The van der Waals surface area contributed by atoms with E-state index >= 15 is 0 Å². The Morgan fingerprint density at radius 3 is 2.67 bits per heavy atom. The molecule has 10 nitrogen and oxygen atoms in total. The molecule has 6 atom stereocenters. The van der Waals surface area contributed by atoms with Crippen molar-refractivity contribution in [2.24, 2.45) is 17.8 Å². The number of urea groups is 1. The third-order valence-corrected chi connectivity index (χ3v) is 8.51. The third-order valence-electron chi connectivity index (χ3n) is 6.77. The average Bonchev–Trinajstić information content (AvgIpc) is 3.20. The van der Waals surface area contributed by atoms with Crippen molar-refractivity contribution in [2.75, 3.05) is 45.6 Å². The fraction of sp³-hybridized carbons (Fsp3) is 0.900. The van der Waals surface area contributed by atoms with Gasteiger partial charge in [-0.2, -0.15) is 0 Å². The number of rotatable bonds is 7. The number of amides is 3. The number of halogens is 2. The van der Waals surface area contributed by atoms with Gasteiger partial charge in [-0.25, -0.2) is 17.6 Å². The molecular formula is C20H36ClFN6O4S. The molecule has 2 heterocycles. The molecule has 190 valence electrons. The van der Waals surface area contributed by atoms with Crippen LogP contribution < -0.4 is 20.9 Å². The second-order valence-corrected chi connectivity index (χ2v) is 11.8. The highest BCUT2D eigenvalue weighted by atomic mass is 35.5. The minimum Gasteiger partial charge on any atom is -0.338 e. The second-order valence-electron chi connectivity index (χ2n) is 9.47. The number of hydrogen-bond acceptors (Lipinski definition) is 6. The maximum Gasteiger partial charge on any atom is 0.317 e. The molecule has 3 rings (SSSR count). The van der Waals surface area contributed by atoms with Crippen molar-refractivity contribution in [2.45, 2.75) is 50.2 Å². The summed E-state index contributed by atoms with van der Waals surface area (Å²) in [6, 6.07) is -0.0878. The lowest BCUT2D eigenvalue weighted by molar-refractivity contribution is -0.129. The van der Waals surface area contributed by atoms with E-state index in [2.05, 4.69) is 25.8 Å². The van der Waals surface area contributed by atoms with Crippen molar-refractivity contribution in [3.8, 4) is 0 Å². The zero-order valence-corrected chi connectivity index (χ0v) is 20.8. The van der Waals surface area contributed by atoms with E-state index in [-0.39, 0.29) is 29.7 Å². The molecule has 33 heavy (non-hydrogen) atoms. The highest BCUT2D eigenvalue weighted by molar-refractivity contribution is 7.89. The van der Waals surface area contributed by atoms with E-state index in [1.807, 2.05) is 14.0 Å². The molecule has 2 saturated heterocycles. The molecule has 0 radical (unpaired) electrons. The molecule has 0 spiro atoms. The van der Waals surface area contributed by atoms with Crippen LogP contribution in [0.15, 0.2) is 0 Å². The molecule has 13 heteroatoms. The zero-order valence-electron chi connectivity index (χ0n) is 19.2. The number of piperidine rings is 1. The van der Waals surface area contributed by atoms with E-state index in [1.165, 1.54) is 0 Å². The maximum absolute atomic E-state index is 14.8. The summed E-state index contributed by atoms with van der Waals surface area (Å²) in [6.07, 6.45) is 0.591. The van der Waals surface area contributed by atoms with E-state index in [0.717, 1.165) is 13.2 Å². The summed E-state index contributed by atoms with van der Waals surface area (Å²) in [5.41, 5.74) is 2.21. The van der Waals surface area contributed by atoms with Gasteiger partial charge in [0.25, 0.3) is 0 Å². The zero-order chi connectivity index (χ0) is 24.2. The van der Waals surface area contributed by atoms with Crippen LogP contribution in [0, 0.1) is 17.8 Å². The Morgan fingerprint density at radius 1 is 1.24 bits per heavy atom. The van der Waals surface area contributed by atoms with Crippen molar-refractivity contribution >= 4 is 33.6 Å². The molecule has 6 unspecified atom stereocenters. The van der Waals surface area contributed by atoms with Crippen LogP contribution in [0.1, 0.15) is 32.6 Å². The first-order chi connectivity index (χ1) is 15.6. The van der Waals surface area contributed by atoms with Crippen LogP contribution in [0.3, 0.4) is 0 Å². The quantitative estimate of drug-likeness (QED) is 0.287. The van der Waals surface area contributed by atoms with Gasteiger partial charge in [0.15, 0.2) is 0 Å². The number of alkyl halides is 2. The summed E-state index contributed by atoms with van der Waals surface area (Å²) in [7, 11) is -1.88. The fourth-order valence-corrected chi connectivity index (χ4v) is 6.72. The molecule has 4 N–H and O–H groups in total. The number of hydrazine groups is 1. The Labute approximate surface area is 200 Å². The SMILES string of the molecule is CCNC(=O)N1CCCC(CS(=O)(=O)NNC(=O)C2CC(C3CN(C)CN3)CC(Cl)C2F)C1. The topological polar surface area (TPSA) is 123 Å². The van der Waals surface area contributed by atoms with Crippen LogP contribution in [-0.4, -0.2) is 93.4 Å². The van der Waals surface area contributed by atoms with Gasteiger partial charge in [0.05, 0.1) is 17.0 Å². The lowest BCUT2D eigenvalue weighted by Crippen LogP contribution is -2.53. The first kappa shape index (κ1) is 26.4. The van der Waals surface area contributed by atoms with Gasteiger partial charge in [0.2, 0.25) is 15.9 Å². The summed E-state index contributed by atoms with van der Waals surface area (Å²) in [5.74, 6) is -2.18. The van der Waals surface area contributed by atoms with E-state index in [0.29, 0.717) is 45.3 Å². The van der Waals surface area contributed by atoms with Crippen molar-refractivity contribution < 1.29 is 22.4 Å². The predicted molar refractivity (Wildman–Crippen MR) is 124 cm³/mol. The molecule has 3 fully saturated rings. The Morgan fingerprint density at radius 2 is 2.00 bits per heavy atom. The Kier molecular flexibility index (Phi) is 9.18. The van der Waals surface area contributed by atoms with Gasteiger partial charge >= 0.3 is 6.03 Å². The van der Waals surface area contributed by atoms with Crippen LogP contribution in [0.5, 0.6) is 0 Å². The molecule has 1 saturated carbocycles. The lowest BCUT2D eigenvalue weighted by Gasteiger charge is -2.37. The monoisotopic (exact) mass is 510 g/mol. The largest absolute Gasteiger partial charge is 0.338 e. The number of likely N-dealkylation sites (N-methyl/N-ethyl adjacent to an activating group) is 1. The number of carbonyl (C=O) groups is 2. The number of sulfonamides is 1. The van der Waals surface area contributed by atoms with Crippen molar-refractivity contribution in [3.05, 3.63) is 0 Å². The van der Waals surface area contributed by atoms with Gasteiger partial charge in [-0.3, -0.25) is 20.4 Å². The first-order valence-electron chi connectivity index (χ1n) is 11.6. The predicted octanol–water partition coefficient (Wildman–Crippen LogP) is 0.211. The summed E-state index contributed by atoms with van der Waals surface area (Å²) < 4.78 is 39.9. The molecule has 2 aliphatic heterocycles. The summed E-state index contributed by atoms with van der Waals surface area (Å²) >= 11 is 6.22. The smallest absolute Gasteiger partial charge is 0.317 e. The van der Waals surface area contributed by atoms with Gasteiger partial charge in [-0.1, -0.05) is 0 Å². The maximum atomic E-state index is 14.8. The lowest BCUT2D eigenvalue weighted by atomic mass is 9.76. The molecule has 0 aromatic heterocycles. The minimum absolute atomic E-state index is 0.0271. The summed E-state index contributed by atoms with van der Waals surface area (Å²) in [5, 5.41) is 5.28. The standard InChI is InChI=1S/C20H36ClFN6O4S/c1-3-23-20(30)28-6-4-5-13(9-28)11-33(31,32)26-25-19(29)15-7-14(8-16(21)18(15)22)17-10-27(2)12-24-17/h13-18,24,26H,3-12H2,1-2H3,(H,23,30)(H,25,29). The van der Waals surface area contributed by atoms with Gasteiger partial charge in [-0.15, -0.1) is 16.4 Å². The van der Waals surface area contributed by atoms with Gasteiger partial charge in [0.1, 0.15) is 6.17 Å². The van der Waals surface area contributed by atoms with Gasteiger partial charge in [-0.05, 0) is 51.5 Å². The number of likely N-dealkylation sites (tertiary alicyclic amines) is 1. The van der Waals surface area contributed by atoms with Crippen molar-refractivity contribution in [3.63, 3.8) is 0 Å². The molecule has 3 amide bonds. The Hall–Kier alpha value is -1.21. The Balaban J connectivity index is 1.52. The van der Waals surface area contributed by atoms with E-state index in [1.54, 1.807) is 4.90 Å². The van der Waals surface area contributed by atoms with Crippen molar-refractivity contribution in [1.29, 1.82) is 0 Å². The van der Waals surface area contributed by atoms with Crippen LogP contribution in [0.2, 0.25) is 0 Å². The highest BCUT2D eigenvalue weighted by Gasteiger charge is 2.44. The van der Waals surface area contributed by atoms with E-state index in [4.69, 9.17) is 11.6 Å². The third kappa shape index (κ3) is 7.14. The minimum atomic E-state index is -3.86. The molecule has 3 aliphatic rings. The average molecular weight is 511 g/mol. The molecule has 0 aromatic carbocycles. The highest BCUT2D eigenvalue weighted by Crippen LogP contribution is 2.37. The molecule has 0 bridgehead atoms. The fourth-order valence-electron chi connectivity index (χ4n) is 5.08.